The Bertz CT molecular complexity index is 2200. The summed E-state index contributed by atoms with van der Waals surface area (Å²) in [5.41, 5.74) is 2.40. The largest absolute Gasteiger partial charge is 0.488 e. The summed E-state index contributed by atoms with van der Waals surface area (Å²) in [5.74, 6) is -0.686. The van der Waals surface area contributed by atoms with Gasteiger partial charge in [0.1, 0.15) is 18.2 Å². The van der Waals surface area contributed by atoms with Gasteiger partial charge < -0.3 is 9.47 Å². The van der Waals surface area contributed by atoms with Gasteiger partial charge in [0.15, 0.2) is 4.80 Å². The highest BCUT2D eigenvalue weighted by atomic mass is 35.5. The SMILES string of the molecule is CCOC(=O)C1=C(c2ccccc2)N=c2s/c(=C\c3cc(Cl)ccc3OCc3ccc([N+](=O)[O-])cc3)c(=O)n2[C@@H]1c1ccc(F)cc1. The van der Waals surface area contributed by atoms with Crippen LogP contribution in [0.5, 0.6) is 5.75 Å². The molecule has 0 spiro atoms. The number of nitro benzene ring substituents is 1. The van der Waals surface area contributed by atoms with Crippen molar-refractivity contribution in [1.29, 1.82) is 0 Å². The van der Waals surface area contributed by atoms with Gasteiger partial charge in [-0.05, 0) is 66.6 Å². The Balaban J connectivity index is 1.49. The van der Waals surface area contributed by atoms with E-state index in [-0.39, 0.29) is 29.0 Å². The molecule has 0 fully saturated rings. The van der Waals surface area contributed by atoms with Gasteiger partial charge in [0.05, 0.1) is 33.4 Å². The fourth-order valence-corrected chi connectivity index (χ4v) is 6.35. The molecule has 4 aromatic carbocycles. The van der Waals surface area contributed by atoms with E-state index in [4.69, 9.17) is 26.1 Å². The maximum atomic E-state index is 14.2. The number of nitro groups is 1. The molecule has 1 aliphatic heterocycles. The van der Waals surface area contributed by atoms with Gasteiger partial charge in [-0.15, -0.1) is 0 Å². The van der Waals surface area contributed by atoms with E-state index in [1.165, 1.54) is 41.0 Å². The summed E-state index contributed by atoms with van der Waals surface area (Å²) in [4.78, 5) is 43.5. The van der Waals surface area contributed by atoms with Crippen molar-refractivity contribution in [2.75, 3.05) is 6.61 Å². The maximum Gasteiger partial charge on any atom is 0.338 e. The molecule has 0 bridgehead atoms. The molecule has 0 aliphatic carbocycles. The fourth-order valence-electron chi connectivity index (χ4n) is 5.18. The monoisotopic (exact) mass is 669 g/mol. The van der Waals surface area contributed by atoms with Gasteiger partial charge in [-0.3, -0.25) is 19.5 Å². The van der Waals surface area contributed by atoms with E-state index in [1.54, 1.807) is 43.3 Å². The fraction of sp³-hybridized carbons (Fsp3) is 0.114. The van der Waals surface area contributed by atoms with Gasteiger partial charge in [-0.25, -0.2) is 14.2 Å². The normalized spacial score (nSPS) is 14.4. The van der Waals surface area contributed by atoms with E-state index in [1.807, 2.05) is 30.3 Å². The van der Waals surface area contributed by atoms with E-state index >= 15 is 0 Å². The first-order chi connectivity index (χ1) is 22.7. The third-order valence-electron chi connectivity index (χ3n) is 7.36. The molecule has 0 saturated heterocycles. The minimum absolute atomic E-state index is 0.0308. The lowest BCUT2D eigenvalue weighted by atomic mass is 9.93. The van der Waals surface area contributed by atoms with Gasteiger partial charge in [-0.2, -0.15) is 0 Å². The molecule has 0 unspecified atom stereocenters. The topological polar surface area (TPSA) is 113 Å². The number of benzene rings is 4. The quantitative estimate of drug-likeness (QED) is 0.105. The molecule has 6 rings (SSSR count). The number of hydrogen-bond donors (Lipinski definition) is 0. The standard InChI is InChI=1S/C35H25ClFN3O6S/c1-2-45-34(42)30-31(22-6-4-3-5-7-22)38-35-39(32(30)23-10-13-26(37)14-11-23)33(41)29(47-35)19-24-18-25(36)12-17-28(24)46-20-21-8-15-27(16-9-21)40(43)44/h3-19,32H,2,20H2,1H3/b29-19-/t32-/m1/s1. The number of carbonyl (C=O) groups is 1. The Morgan fingerprint density at radius 2 is 1.79 bits per heavy atom. The Morgan fingerprint density at radius 1 is 1.06 bits per heavy atom. The third kappa shape index (κ3) is 6.62. The Kier molecular flexibility index (Phi) is 9.10. The number of esters is 1. The molecule has 0 radical (unpaired) electrons. The summed E-state index contributed by atoms with van der Waals surface area (Å²) in [6.07, 6.45) is 1.64. The second-order valence-electron chi connectivity index (χ2n) is 10.4. The molecule has 0 amide bonds. The average molecular weight is 670 g/mol. The van der Waals surface area contributed by atoms with Crippen molar-refractivity contribution in [3.63, 3.8) is 0 Å². The first-order valence-electron chi connectivity index (χ1n) is 14.4. The predicted molar refractivity (Wildman–Crippen MR) is 176 cm³/mol. The lowest BCUT2D eigenvalue weighted by Crippen LogP contribution is -2.40. The van der Waals surface area contributed by atoms with Crippen LogP contribution in [0.15, 0.2) is 112 Å². The van der Waals surface area contributed by atoms with Gasteiger partial charge in [0.2, 0.25) is 0 Å². The van der Waals surface area contributed by atoms with Crippen LogP contribution in [-0.4, -0.2) is 22.1 Å². The van der Waals surface area contributed by atoms with Crippen LogP contribution in [0.1, 0.15) is 35.2 Å². The number of halogens is 2. The van der Waals surface area contributed by atoms with Crippen molar-refractivity contribution >= 4 is 46.4 Å². The van der Waals surface area contributed by atoms with Crippen molar-refractivity contribution in [3.8, 4) is 5.75 Å². The minimum Gasteiger partial charge on any atom is -0.488 e. The van der Waals surface area contributed by atoms with Crippen LogP contribution < -0.4 is 19.6 Å². The first-order valence-corrected chi connectivity index (χ1v) is 15.6. The van der Waals surface area contributed by atoms with E-state index in [0.717, 1.165) is 11.3 Å². The Labute approximate surface area is 276 Å². The summed E-state index contributed by atoms with van der Waals surface area (Å²) in [7, 11) is 0. The number of non-ortho nitro benzene ring substituents is 1. The molecule has 9 nitrogen and oxygen atoms in total. The number of aromatic nitrogens is 1. The summed E-state index contributed by atoms with van der Waals surface area (Å²) in [6.45, 7) is 1.90. The van der Waals surface area contributed by atoms with Crippen molar-refractivity contribution in [2.24, 2.45) is 4.99 Å². The maximum absolute atomic E-state index is 14.2. The number of hydrogen-bond acceptors (Lipinski definition) is 8. The molecule has 12 heteroatoms. The molecule has 1 atom stereocenters. The van der Waals surface area contributed by atoms with Crippen molar-refractivity contribution < 1.29 is 23.6 Å². The van der Waals surface area contributed by atoms with Crippen molar-refractivity contribution in [3.05, 3.63) is 166 Å². The Morgan fingerprint density at radius 3 is 2.47 bits per heavy atom. The van der Waals surface area contributed by atoms with Gasteiger partial charge in [0.25, 0.3) is 11.2 Å². The summed E-state index contributed by atoms with van der Waals surface area (Å²) < 4.78 is 27.3. The molecule has 0 N–H and O–H groups in total. The number of nitrogens with zero attached hydrogens (tertiary/aromatic N) is 3. The molecule has 0 saturated carbocycles. The molecule has 2 heterocycles. The summed E-state index contributed by atoms with van der Waals surface area (Å²) in [5, 5.41) is 11.4. The number of carbonyl (C=O) groups excluding carboxylic acids is 1. The Hall–Kier alpha value is -5.39. The second kappa shape index (κ2) is 13.5. The van der Waals surface area contributed by atoms with Crippen LogP contribution in [0.2, 0.25) is 5.02 Å². The van der Waals surface area contributed by atoms with Crippen LogP contribution in [0.4, 0.5) is 10.1 Å². The zero-order chi connectivity index (χ0) is 33.1. The third-order valence-corrected chi connectivity index (χ3v) is 8.58. The molecular formula is C35H25ClFN3O6S. The zero-order valence-corrected chi connectivity index (χ0v) is 26.3. The molecular weight excluding hydrogens is 645 g/mol. The summed E-state index contributed by atoms with van der Waals surface area (Å²) >= 11 is 7.47. The molecule has 1 aromatic heterocycles. The lowest BCUT2D eigenvalue weighted by Gasteiger charge is -2.25. The highest BCUT2D eigenvalue weighted by Crippen LogP contribution is 2.35. The summed E-state index contributed by atoms with van der Waals surface area (Å²) in [6, 6.07) is 24.7. The van der Waals surface area contributed by atoms with Gasteiger partial charge in [-0.1, -0.05) is 65.4 Å². The van der Waals surface area contributed by atoms with Gasteiger partial charge in [0, 0.05) is 28.3 Å². The van der Waals surface area contributed by atoms with Crippen LogP contribution in [0, 0.1) is 15.9 Å². The number of fused-ring (bicyclic) bond motifs is 1. The van der Waals surface area contributed by atoms with E-state index in [0.29, 0.717) is 43.5 Å². The van der Waals surface area contributed by atoms with Gasteiger partial charge >= 0.3 is 5.97 Å². The second-order valence-corrected chi connectivity index (χ2v) is 11.8. The molecule has 5 aromatic rings. The van der Waals surface area contributed by atoms with E-state index in [9.17, 15) is 24.1 Å². The number of ether oxygens (including phenoxy) is 2. The van der Waals surface area contributed by atoms with Crippen molar-refractivity contribution in [1.82, 2.24) is 4.57 Å². The molecule has 47 heavy (non-hydrogen) atoms. The van der Waals surface area contributed by atoms with E-state index < -0.39 is 28.3 Å². The lowest BCUT2D eigenvalue weighted by molar-refractivity contribution is -0.384. The highest BCUT2D eigenvalue weighted by Gasteiger charge is 2.35. The van der Waals surface area contributed by atoms with E-state index in [2.05, 4.69) is 0 Å². The predicted octanol–water partition coefficient (Wildman–Crippen LogP) is 6.22. The number of thiazole rings is 1. The van der Waals surface area contributed by atoms with Crippen molar-refractivity contribution in [2.45, 2.75) is 19.6 Å². The molecule has 236 valence electrons. The average Bonchev–Trinajstić information content (AvgIpc) is 3.38. The van der Waals surface area contributed by atoms with Crippen LogP contribution in [0.3, 0.4) is 0 Å². The highest BCUT2D eigenvalue weighted by molar-refractivity contribution is 7.07. The minimum atomic E-state index is -0.958. The van der Waals surface area contributed by atoms with Crippen LogP contribution >= 0.6 is 22.9 Å². The van der Waals surface area contributed by atoms with Crippen LogP contribution in [0.25, 0.3) is 11.8 Å². The zero-order valence-electron chi connectivity index (χ0n) is 24.8. The molecule has 1 aliphatic rings. The first kappa shape index (κ1) is 31.6. The smallest absolute Gasteiger partial charge is 0.338 e. The van der Waals surface area contributed by atoms with Crippen LogP contribution in [-0.2, 0) is 16.1 Å². The number of rotatable bonds is 9.